The highest BCUT2D eigenvalue weighted by Crippen LogP contribution is 2.17. The highest BCUT2D eigenvalue weighted by atomic mass is 15.3. The van der Waals surface area contributed by atoms with Gasteiger partial charge in [-0.25, -0.2) is 0 Å². The van der Waals surface area contributed by atoms with Crippen molar-refractivity contribution in [1.82, 2.24) is 25.4 Å². The number of guanidine groups is 1. The van der Waals surface area contributed by atoms with E-state index < -0.39 is 0 Å². The lowest BCUT2D eigenvalue weighted by Crippen LogP contribution is -2.45. The first-order chi connectivity index (χ1) is 15.7. The highest BCUT2D eigenvalue weighted by molar-refractivity contribution is 5.83. The van der Waals surface area contributed by atoms with Gasteiger partial charge in [0, 0.05) is 70.0 Å². The predicted octanol–water partition coefficient (Wildman–Crippen LogP) is 3.21. The minimum Gasteiger partial charge on any atom is -0.361 e. The Kier molecular flexibility index (Phi) is 7.80. The Balaban J connectivity index is 1.20. The van der Waals surface area contributed by atoms with Crippen molar-refractivity contribution in [3.8, 4) is 0 Å². The number of rotatable bonds is 8. The van der Waals surface area contributed by atoms with Crippen LogP contribution in [0, 0.1) is 0 Å². The number of aromatic amines is 1. The molecule has 1 aliphatic heterocycles. The maximum atomic E-state index is 4.37. The van der Waals surface area contributed by atoms with Crippen molar-refractivity contribution in [3.05, 3.63) is 71.4 Å². The molecule has 3 aromatic rings. The summed E-state index contributed by atoms with van der Waals surface area (Å²) >= 11 is 0. The summed E-state index contributed by atoms with van der Waals surface area (Å²) in [7, 11) is 1.82. The van der Waals surface area contributed by atoms with E-state index in [2.05, 4.69) is 92.1 Å². The van der Waals surface area contributed by atoms with Crippen LogP contribution in [0.25, 0.3) is 10.9 Å². The Morgan fingerprint density at radius 3 is 2.41 bits per heavy atom. The Morgan fingerprint density at radius 2 is 1.66 bits per heavy atom. The molecular formula is C26H36N6. The first kappa shape index (κ1) is 22.4. The fourth-order valence-corrected chi connectivity index (χ4v) is 4.34. The number of H-pyrrole nitrogens is 1. The molecule has 3 N–H and O–H groups in total. The standard InChI is InChI=1S/C26H36N6/c1-3-31-14-16-32(17-15-31)20-22-10-8-21(9-11-22)18-30-26(27-2)28-13-12-23-19-29-25-7-5-4-6-24(23)25/h4-11,19,29H,3,12-18,20H2,1-2H3,(H2,27,28,30). The molecule has 32 heavy (non-hydrogen) atoms. The van der Waals surface area contributed by atoms with Crippen molar-refractivity contribution in [2.24, 2.45) is 4.99 Å². The normalized spacial score (nSPS) is 15.9. The zero-order valence-electron chi connectivity index (χ0n) is 19.4. The maximum Gasteiger partial charge on any atom is 0.191 e. The molecule has 6 heteroatoms. The highest BCUT2D eigenvalue weighted by Gasteiger charge is 2.15. The molecule has 1 saturated heterocycles. The second-order valence-electron chi connectivity index (χ2n) is 8.49. The van der Waals surface area contributed by atoms with Gasteiger partial charge in [0.15, 0.2) is 5.96 Å². The molecule has 2 heterocycles. The number of aliphatic imine (C=N–C) groups is 1. The lowest BCUT2D eigenvalue weighted by molar-refractivity contribution is 0.132. The van der Waals surface area contributed by atoms with Gasteiger partial charge >= 0.3 is 0 Å². The van der Waals surface area contributed by atoms with E-state index in [1.807, 2.05) is 7.05 Å². The summed E-state index contributed by atoms with van der Waals surface area (Å²) in [6.07, 6.45) is 3.06. The summed E-state index contributed by atoms with van der Waals surface area (Å²) in [5, 5.41) is 8.16. The average Bonchev–Trinajstić information content (AvgIpc) is 3.26. The number of fused-ring (bicyclic) bond motifs is 1. The third-order valence-corrected chi connectivity index (χ3v) is 6.39. The van der Waals surface area contributed by atoms with Crippen LogP contribution in [0.3, 0.4) is 0 Å². The van der Waals surface area contributed by atoms with Crippen LogP contribution in [0.5, 0.6) is 0 Å². The Bertz CT molecular complexity index is 999. The molecule has 4 rings (SSSR count). The van der Waals surface area contributed by atoms with Gasteiger partial charge in [-0.15, -0.1) is 0 Å². The number of hydrogen-bond donors (Lipinski definition) is 3. The van der Waals surface area contributed by atoms with E-state index in [0.717, 1.165) is 51.6 Å². The number of aromatic nitrogens is 1. The lowest BCUT2D eigenvalue weighted by Gasteiger charge is -2.34. The topological polar surface area (TPSA) is 58.7 Å². The third kappa shape index (κ3) is 5.90. The molecular weight excluding hydrogens is 396 g/mol. The Labute approximate surface area is 191 Å². The molecule has 1 aromatic heterocycles. The smallest absolute Gasteiger partial charge is 0.191 e. The van der Waals surface area contributed by atoms with Crippen LogP contribution in [0.4, 0.5) is 0 Å². The van der Waals surface area contributed by atoms with Crippen molar-refractivity contribution in [2.45, 2.75) is 26.4 Å². The van der Waals surface area contributed by atoms with E-state index >= 15 is 0 Å². The number of benzene rings is 2. The fraction of sp³-hybridized carbons (Fsp3) is 0.423. The summed E-state index contributed by atoms with van der Waals surface area (Å²) < 4.78 is 0. The van der Waals surface area contributed by atoms with Crippen molar-refractivity contribution in [3.63, 3.8) is 0 Å². The Morgan fingerprint density at radius 1 is 0.938 bits per heavy atom. The molecule has 0 aliphatic carbocycles. The van der Waals surface area contributed by atoms with Crippen LogP contribution in [-0.4, -0.2) is 67.1 Å². The summed E-state index contributed by atoms with van der Waals surface area (Å²) in [4.78, 5) is 12.8. The van der Waals surface area contributed by atoms with Crippen molar-refractivity contribution in [1.29, 1.82) is 0 Å². The second kappa shape index (κ2) is 11.2. The maximum absolute atomic E-state index is 4.37. The van der Waals surface area contributed by atoms with E-state index in [-0.39, 0.29) is 0 Å². The quantitative estimate of drug-likeness (QED) is 0.378. The Hall–Kier alpha value is -2.83. The number of hydrogen-bond acceptors (Lipinski definition) is 3. The van der Waals surface area contributed by atoms with Crippen molar-refractivity contribution < 1.29 is 0 Å². The first-order valence-electron chi connectivity index (χ1n) is 11.8. The van der Waals surface area contributed by atoms with Gasteiger partial charge in [0.25, 0.3) is 0 Å². The van der Waals surface area contributed by atoms with Gasteiger partial charge < -0.3 is 20.5 Å². The molecule has 0 radical (unpaired) electrons. The molecule has 0 amide bonds. The number of nitrogens with one attached hydrogen (secondary N) is 3. The van der Waals surface area contributed by atoms with Crippen molar-refractivity contribution in [2.75, 3.05) is 46.3 Å². The zero-order valence-corrected chi connectivity index (χ0v) is 19.4. The molecule has 1 aliphatic rings. The largest absolute Gasteiger partial charge is 0.361 e. The van der Waals surface area contributed by atoms with Gasteiger partial charge in [0.05, 0.1) is 0 Å². The summed E-state index contributed by atoms with van der Waals surface area (Å²) in [5.41, 5.74) is 5.18. The third-order valence-electron chi connectivity index (χ3n) is 6.39. The van der Waals surface area contributed by atoms with Crippen LogP contribution in [0.1, 0.15) is 23.6 Å². The first-order valence-corrected chi connectivity index (χ1v) is 11.8. The van der Waals surface area contributed by atoms with Crippen LogP contribution >= 0.6 is 0 Å². The molecule has 2 aromatic carbocycles. The molecule has 0 spiro atoms. The number of piperazine rings is 1. The van der Waals surface area contributed by atoms with Gasteiger partial charge in [-0.3, -0.25) is 9.89 Å². The second-order valence-corrected chi connectivity index (χ2v) is 8.49. The van der Waals surface area contributed by atoms with E-state index in [9.17, 15) is 0 Å². The molecule has 0 saturated carbocycles. The average molecular weight is 433 g/mol. The molecule has 0 atom stereocenters. The van der Waals surface area contributed by atoms with Crippen LogP contribution in [0.2, 0.25) is 0 Å². The molecule has 0 unspecified atom stereocenters. The van der Waals surface area contributed by atoms with Gasteiger partial charge in [-0.05, 0) is 35.7 Å². The van der Waals surface area contributed by atoms with Gasteiger partial charge in [-0.2, -0.15) is 0 Å². The number of nitrogens with zero attached hydrogens (tertiary/aromatic N) is 3. The molecule has 6 nitrogen and oxygen atoms in total. The van der Waals surface area contributed by atoms with Crippen LogP contribution in [-0.2, 0) is 19.5 Å². The van der Waals surface area contributed by atoms with Crippen molar-refractivity contribution >= 4 is 16.9 Å². The van der Waals surface area contributed by atoms with E-state index in [1.165, 1.54) is 40.7 Å². The van der Waals surface area contributed by atoms with E-state index in [4.69, 9.17) is 0 Å². The monoisotopic (exact) mass is 432 g/mol. The van der Waals surface area contributed by atoms with Crippen LogP contribution < -0.4 is 10.6 Å². The SMILES string of the molecule is CCN1CCN(Cc2ccc(CNC(=NC)NCCc3c[nH]c4ccccc34)cc2)CC1. The predicted molar refractivity (Wildman–Crippen MR) is 134 cm³/mol. The lowest BCUT2D eigenvalue weighted by atomic mass is 10.1. The minimum atomic E-state index is 0.766. The fourth-order valence-electron chi connectivity index (χ4n) is 4.34. The molecule has 1 fully saturated rings. The van der Waals surface area contributed by atoms with Gasteiger partial charge in [0.2, 0.25) is 0 Å². The number of likely N-dealkylation sites (N-methyl/N-ethyl adjacent to an activating group) is 1. The van der Waals surface area contributed by atoms with Gasteiger partial charge in [-0.1, -0.05) is 49.4 Å². The molecule has 170 valence electrons. The van der Waals surface area contributed by atoms with E-state index in [1.54, 1.807) is 0 Å². The summed E-state index contributed by atoms with van der Waals surface area (Å²) in [5.74, 6) is 0.836. The summed E-state index contributed by atoms with van der Waals surface area (Å²) in [6.45, 7) is 10.8. The van der Waals surface area contributed by atoms with E-state index in [0.29, 0.717) is 0 Å². The molecule has 0 bridgehead atoms. The number of para-hydroxylation sites is 1. The van der Waals surface area contributed by atoms with Crippen LogP contribution in [0.15, 0.2) is 59.7 Å². The van der Waals surface area contributed by atoms with Gasteiger partial charge in [0.1, 0.15) is 0 Å². The minimum absolute atomic E-state index is 0.766. The summed E-state index contributed by atoms with van der Waals surface area (Å²) in [6, 6.07) is 17.4. The zero-order chi connectivity index (χ0) is 22.2.